The molecule has 0 bridgehead atoms. The molecule has 0 saturated carbocycles. The average molecular weight is 241 g/mol. The Morgan fingerprint density at radius 3 is 2.88 bits per heavy atom. The molecular weight excluding hydrogens is 228 g/mol. The highest BCUT2D eigenvalue weighted by atomic mass is 19.1. The van der Waals surface area contributed by atoms with Crippen LogP contribution in [0.3, 0.4) is 0 Å². The van der Waals surface area contributed by atoms with Crippen LogP contribution in [0, 0.1) is 17.6 Å². The Hall–Kier alpha value is -1.49. The van der Waals surface area contributed by atoms with Crippen molar-refractivity contribution in [2.45, 2.75) is 6.42 Å². The lowest BCUT2D eigenvalue weighted by Crippen LogP contribution is -2.30. The second kappa shape index (κ2) is 4.79. The van der Waals surface area contributed by atoms with Crippen molar-refractivity contribution < 1.29 is 18.7 Å². The summed E-state index contributed by atoms with van der Waals surface area (Å²) in [6.07, 6.45) is 0.694. The van der Waals surface area contributed by atoms with Crippen LogP contribution in [0.4, 0.5) is 8.78 Å². The minimum atomic E-state index is -0.719. The van der Waals surface area contributed by atoms with Crippen LogP contribution < -0.4 is 0 Å². The lowest BCUT2D eigenvalue weighted by molar-refractivity contribution is 0.0776. The van der Waals surface area contributed by atoms with E-state index in [1.54, 1.807) is 0 Å². The van der Waals surface area contributed by atoms with Gasteiger partial charge in [0.15, 0.2) is 0 Å². The lowest BCUT2D eigenvalue weighted by Gasteiger charge is -2.16. The fourth-order valence-corrected chi connectivity index (χ4v) is 2.00. The topological polar surface area (TPSA) is 40.5 Å². The third kappa shape index (κ3) is 2.44. The summed E-state index contributed by atoms with van der Waals surface area (Å²) in [5.74, 6) is -1.83. The van der Waals surface area contributed by atoms with Gasteiger partial charge in [0.05, 0.1) is 5.56 Å². The van der Waals surface area contributed by atoms with Crippen molar-refractivity contribution in [1.29, 1.82) is 0 Å². The van der Waals surface area contributed by atoms with E-state index in [-0.39, 0.29) is 18.1 Å². The van der Waals surface area contributed by atoms with Gasteiger partial charge in [-0.3, -0.25) is 4.79 Å². The summed E-state index contributed by atoms with van der Waals surface area (Å²) in [6, 6.07) is 2.83. The van der Waals surface area contributed by atoms with E-state index in [9.17, 15) is 13.6 Å². The molecule has 92 valence electrons. The summed E-state index contributed by atoms with van der Waals surface area (Å²) in [5.41, 5.74) is -0.247. The number of hydrogen-bond acceptors (Lipinski definition) is 2. The number of amides is 1. The molecule has 1 aliphatic heterocycles. The first-order chi connectivity index (χ1) is 8.11. The molecule has 0 spiro atoms. The van der Waals surface area contributed by atoms with Crippen LogP contribution in [0.1, 0.15) is 16.8 Å². The molecule has 5 heteroatoms. The van der Waals surface area contributed by atoms with Crippen LogP contribution >= 0.6 is 0 Å². The molecule has 1 saturated heterocycles. The lowest BCUT2D eigenvalue weighted by atomic mass is 10.1. The second-order valence-corrected chi connectivity index (χ2v) is 4.21. The molecule has 0 aliphatic carbocycles. The molecule has 3 nitrogen and oxygen atoms in total. The van der Waals surface area contributed by atoms with Gasteiger partial charge in [0.1, 0.15) is 11.6 Å². The first-order valence-electron chi connectivity index (χ1n) is 5.47. The van der Waals surface area contributed by atoms with Crippen LogP contribution in [-0.4, -0.2) is 35.6 Å². The molecule has 1 amide bonds. The molecule has 1 atom stereocenters. The van der Waals surface area contributed by atoms with Crippen molar-refractivity contribution >= 4 is 5.91 Å². The Labute approximate surface area is 97.7 Å². The van der Waals surface area contributed by atoms with Gasteiger partial charge in [0, 0.05) is 25.6 Å². The summed E-state index contributed by atoms with van der Waals surface area (Å²) in [7, 11) is 0. The zero-order chi connectivity index (χ0) is 12.4. The molecule has 17 heavy (non-hydrogen) atoms. The van der Waals surface area contributed by atoms with Crippen LogP contribution in [-0.2, 0) is 0 Å². The minimum absolute atomic E-state index is 0.00934. The van der Waals surface area contributed by atoms with Crippen molar-refractivity contribution in [2.24, 2.45) is 5.92 Å². The van der Waals surface area contributed by atoms with Gasteiger partial charge >= 0.3 is 0 Å². The predicted molar refractivity (Wildman–Crippen MR) is 57.5 cm³/mol. The van der Waals surface area contributed by atoms with E-state index in [0.717, 1.165) is 18.2 Å². The van der Waals surface area contributed by atoms with Crippen molar-refractivity contribution in [3.05, 3.63) is 35.4 Å². The summed E-state index contributed by atoms with van der Waals surface area (Å²) >= 11 is 0. The number of carbonyl (C=O) groups excluding carboxylic acids is 1. The van der Waals surface area contributed by atoms with E-state index in [2.05, 4.69) is 0 Å². The number of likely N-dealkylation sites (tertiary alicyclic amines) is 1. The Kier molecular flexibility index (Phi) is 3.38. The van der Waals surface area contributed by atoms with E-state index in [4.69, 9.17) is 5.11 Å². The predicted octanol–water partition coefficient (Wildman–Crippen LogP) is 1.42. The SMILES string of the molecule is O=C(c1cc(F)ccc1F)N1CCC(CO)C1. The normalized spacial score (nSPS) is 19.7. The van der Waals surface area contributed by atoms with Crippen molar-refractivity contribution in [3.63, 3.8) is 0 Å². The number of nitrogens with zero attached hydrogens (tertiary/aromatic N) is 1. The van der Waals surface area contributed by atoms with Gasteiger partial charge < -0.3 is 10.0 Å². The third-order valence-corrected chi connectivity index (χ3v) is 2.99. The fraction of sp³-hybridized carbons (Fsp3) is 0.417. The molecule has 0 aromatic heterocycles. The van der Waals surface area contributed by atoms with E-state index < -0.39 is 17.5 Å². The molecule has 1 fully saturated rings. The van der Waals surface area contributed by atoms with E-state index in [0.29, 0.717) is 19.5 Å². The molecular formula is C12H13F2NO2. The van der Waals surface area contributed by atoms with Crippen LogP contribution in [0.5, 0.6) is 0 Å². The molecule has 1 unspecified atom stereocenters. The van der Waals surface area contributed by atoms with Crippen molar-refractivity contribution in [1.82, 2.24) is 4.90 Å². The van der Waals surface area contributed by atoms with E-state index in [1.165, 1.54) is 4.90 Å². The van der Waals surface area contributed by atoms with Gasteiger partial charge in [-0.2, -0.15) is 0 Å². The Morgan fingerprint density at radius 1 is 1.47 bits per heavy atom. The van der Waals surface area contributed by atoms with E-state index in [1.807, 2.05) is 0 Å². The van der Waals surface area contributed by atoms with Crippen LogP contribution in [0.15, 0.2) is 18.2 Å². The minimum Gasteiger partial charge on any atom is -0.396 e. The number of halogens is 2. The zero-order valence-electron chi connectivity index (χ0n) is 9.20. The third-order valence-electron chi connectivity index (χ3n) is 2.99. The zero-order valence-corrected chi connectivity index (χ0v) is 9.20. The highest BCUT2D eigenvalue weighted by molar-refractivity contribution is 5.94. The largest absolute Gasteiger partial charge is 0.396 e. The monoisotopic (exact) mass is 241 g/mol. The Bertz CT molecular complexity index is 437. The summed E-state index contributed by atoms with van der Waals surface area (Å²) in [6.45, 7) is 0.876. The molecule has 0 radical (unpaired) electrons. The molecule has 1 aliphatic rings. The second-order valence-electron chi connectivity index (χ2n) is 4.21. The van der Waals surface area contributed by atoms with Gasteiger partial charge in [-0.15, -0.1) is 0 Å². The Morgan fingerprint density at radius 2 is 2.24 bits per heavy atom. The maximum absolute atomic E-state index is 13.4. The summed E-state index contributed by atoms with van der Waals surface area (Å²) in [4.78, 5) is 13.4. The number of benzene rings is 1. The van der Waals surface area contributed by atoms with Gasteiger partial charge in [0.2, 0.25) is 0 Å². The maximum atomic E-state index is 13.4. The van der Waals surface area contributed by atoms with Gasteiger partial charge in [-0.25, -0.2) is 8.78 Å². The molecule has 1 aromatic rings. The molecule has 1 N–H and O–H groups in total. The van der Waals surface area contributed by atoms with E-state index >= 15 is 0 Å². The summed E-state index contributed by atoms with van der Waals surface area (Å²) in [5, 5.41) is 8.96. The highest BCUT2D eigenvalue weighted by Gasteiger charge is 2.27. The van der Waals surface area contributed by atoms with Gasteiger partial charge in [-0.05, 0) is 24.6 Å². The van der Waals surface area contributed by atoms with Gasteiger partial charge in [-0.1, -0.05) is 0 Å². The summed E-state index contributed by atoms with van der Waals surface area (Å²) < 4.78 is 26.3. The molecule has 1 heterocycles. The standard InChI is InChI=1S/C12H13F2NO2/c13-9-1-2-11(14)10(5-9)12(17)15-4-3-8(6-15)7-16/h1-2,5,8,16H,3-4,6-7H2. The van der Waals surface area contributed by atoms with Crippen LogP contribution in [0.2, 0.25) is 0 Å². The number of rotatable bonds is 2. The quantitative estimate of drug-likeness (QED) is 0.850. The average Bonchev–Trinajstić information content (AvgIpc) is 2.80. The number of hydrogen-bond donors (Lipinski definition) is 1. The first kappa shape index (κ1) is 12.0. The highest BCUT2D eigenvalue weighted by Crippen LogP contribution is 2.20. The fourth-order valence-electron chi connectivity index (χ4n) is 2.00. The smallest absolute Gasteiger partial charge is 0.256 e. The maximum Gasteiger partial charge on any atom is 0.256 e. The van der Waals surface area contributed by atoms with Gasteiger partial charge in [0.25, 0.3) is 5.91 Å². The molecule has 1 aromatic carbocycles. The van der Waals surface area contributed by atoms with Crippen LogP contribution in [0.25, 0.3) is 0 Å². The van der Waals surface area contributed by atoms with Crippen molar-refractivity contribution in [3.8, 4) is 0 Å². The number of carbonyl (C=O) groups is 1. The number of aliphatic hydroxyl groups is 1. The Balaban J connectivity index is 2.17. The number of aliphatic hydroxyl groups excluding tert-OH is 1. The first-order valence-corrected chi connectivity index (χ1v) is 5.47. The molecule has 2 rings (SSSR count). The van der Waals surface area contributed by atoms with Crippen molar-refractivity contribution in [2.75, 3.05) is 19.7 Å².